The molecule has 27 heavy (non-hydrogen) atoms. The van der Waals surface area contributed by atoms with E-state index in [0.29, 0.717) is 0 Å². The van der Waals surface area contributed by atoms with Crippen LogP contribution in [0.25, 0.3) is 0 Å². The van der Waals surface area contributed by atoms with Gasteiger partial charge in [-0.2, -0.15) is 0 Å². The lowest BCUT2D eigenvalue weighted by atomic mass is 9.92. The fourth-order valence-corrected chi connectivity index (χ4v) is 5.30. The number of aromatic nitrogens is 1. The first-order chi connectivity index (χ1) is 12.9. The highest BCUT2D eigenvalue weighted by atomic mass is 35.5. The van der Waals surface area contributed by atoms with E-state index < -0.39 is 20.7 Å². The van der Waals surface area contributed by atoms with Crippen molar-refractivity contribution in [1.82, 2.24) is 10.3 Å². The van der Waals surface area contributed by atoms with Crippen LogP contribution in [0.1, 0.15) is 32.6 Å². The van der Waals surface area contributed by atoms with Crippen LogP contribution in [0.5, 0.6) is 5.75 Å². The zero-order valence-electron chi connectivity index (χ0n) is 14.7. The molecule has 10 heteroatoms. The number of hydrogen-bond donors (Lipinski definition) is 2. The molecule has 0 bridgehead atoms. The number of rotatable bonds is 7. The summed E-state index contributed by atoms with van der Waals surface area (Å²) in [6.07, 6.45) is 5.26. The second-order valence-electron chi connectivity index (χ2n) is 6.26. The molecule has 0 unspecified atom stereocenters. The molecule has 2 atom stereocenters. The summed E-state index contributed by atoms with van der Waals surface area (Å²) < 4.78 is 47.6. The summed E-state index contributed by atoms with van der Waals surface area (Å²) in [6, 6.07) is 2.28. The minimum atomic E-state index is -4.14. The third-order valence-corrected chi connectivity index (χ3v) is 6.84. The second-order valence-corrected chi connectivity index (χ2v) is 9.21. The van der Waals surface area contributed by atoms with Gasteiger partial charge in [0.25, 0.3) is 10.0 Å². The zero-order chi connectivity index (χ0) is 19.4. The molecular weight excluding hydrogens is 413 g/mol. The molecule has 1 aliphatic rings. The lowest BCUT2D eigenvalue weighted by Gasteiger charge is -2.32. The van der Waals surface area contributed by atoms with Crippen LogP contribution >= 0.6 is 22.9 Å². The van der Waals surface area contributed by atoms with Gasteiger partial charge in [0, 0.05) is 23.7 Å². The minimum Gasteiger partial charge on any atom is -0.487 e. The van der Waals surface area contributed by atoms with Crippen molar-refractivity contribution in [2.24, 2.45) is 0 Å². The van der Waals surface area contributed by atoms with Crippen molar-refractivity contribution >= 4 is 38.1 Å². The van der Waals surface area contributed by atoms with E-state index in [1.807, 2.05) is 6.92 Å². The van der Waals surface area contributed by atoms with Crippen molar-refractivity contribution in [3.8, 4) is 5.75 Å². The molecule has 0 spiro atoms. The van der Waals surface area contributed by atoms with Crippen LogP contribution < -0.4 is 14.8 Å². The van der Waals surface area contributed by atoms with Crippen LogP contribution in [0, 0.1) is 5.82 Å². The zero-order valence-corrected chi connectivity index (χ0v) is 17.1. The van der Waals surface area contributed by atoms with Gasteiger partial charge >= 0.3 is 0 Å². The smallest absolute Gasteiger partial charge is 0.266 e. The highest BCUT2D eigenvalue weighted by Crippen LogP contribution is 2.33. The number of likely N-dealkylation sites (N-methyl/N-ethyl adjacent to an activating group) is 1. The van der Waals surface area contributed by atoms with Crippen LogP contribution in [0.4, 0.5) is 9.52 Å². The summed E-state index contributed by atoms with van der Waals surface area (Å²) in [6.45, 7) is 2.83. The molecule has 148 valence electrons. The maximum absolute atomic E-state index is 14.6. The van der Waals surface area contributed by atoms with Crippen molar-refractivity contribution < 1.29 is 17.5 Å². The summed E-state index contributed by atoms with van der Waals surface area (Å²) in [4.78, 5) is 3.30. The summed E-state index contributed by atoms with van der Waals surface area (Å²) in [5.74, 6) is -0.772. The highest BCUT2D eigenvalue weighted by Gasteiger charge is 2.28. The molecule has 6 nitrogen and oxygen atoms in total. The molecule has 2 N–H and O–H groups in total. The number of nitrogens with zero attached hydrogens (tertiary/aromatic N) is 1. The predicted molar refractivity (Wildman–Crippen MR) is 105 cm³/mol. The van der Waals surface area contributed by atoms with Gasteiger partial charge in [-0.1, -0.05) is 24.9 Å². The van der Waals surface area contributed by atoms with Gasteiger partial charge < -0.3 is 10.1 Å². The number of anilines is 1. The number of halogens is 2. The first-order valence-corrected chi connectivity index (χ1v) is 11.5. The van der Waals surface area contributed by atoms with E-state index in [4.69, 9.17) is 16.3 Å². The van der Waals surface area contributed by atoms with Gasteiger partial charge in [0.05, 0.1) is 5.02 Å². The van der Waals surface area contributed by atoms with Gasteiger partial charge in [0.2, 0.25) is 0 Å². The van der Waals surface area contributed by atoms with Crippen molar-refractivity contribution in [2.45, 2.75) is 49.6 Å². The van der Waals surface area contributed by atoms with Gasteiger partial charge in [-0.05, 0) is 31.9 Å². The number of benzene rings is 1. The van der Waals surface area contributed by atoms with Crippen molar-refractivity contribution in [2.75, 3.05) is 11.3 Å². The number of thiazole rings is 1. The first kappa shape index (κ1) is 20.3. The molecular formula is C17H21ClFN3O3S2. The van der Waals surface area contributed by atoms with Crippen LogP contribution in [0.15, 0.2) is 28.6 Å². The molecule has 1 heterocycles. The first-order valence-electron chi connectivity index (χ1n) is 8.72. The van der Waals surface area contributed by atoms with Crippen molar-refractivity contribution in [1.29, 1.82) is 0 Å². The Morgan fingerprint density at radius 2 is 2.15 bits per heavy atom. The van der Waals surface area contributed by atoms with Crippen LogP contribution in [-0.4, -0.2) is 32.1 Å². The third-order valence-electron chi connectivity index (χ3n) is 4.38. The monoisotopic (exact) mass is 433 g/mol. The van der Waals surface area contributed by atoms with E-state index in [1.165, 1.54) is 6.20 Å². The van der Waals surface area contributed by atoms with E-state index >= 15 is 0 Å². The van der Waals surface area contributed by atoms with Gasteiger partial charge in [-0.15, -0.1) is 11.3 Å². The highest BCUT2D eigenvalue weighted by molar-refractivity contribution is 7.93. The molecule has 0 saturated heterocycles. The Morgan fingerprint density at radius 3 is 2.85 bits per heavy atom. The fraction of sp³-hybridized carbons (Fsp3) is 0.471. The molecule has 1 aromatic heterocycles. The molecule has 3 rings (SSSR count). The fourth-order valence-electron chi connectivity index (χ4n) is 3.15. The maximum Gasteiger partial charge on any atom is 0.266 e. The van der Waals surface area contributed by atoms with Gasteiger partial charge in [0.1, 0.15) is 22.6 Å². The van der Waals surface area contributed by atoms with E-state index in [0.717, 1.165) is 55.7 Å². The Hall–Kier alpha value is -1.42. The summed E-state index contributed by atoms with van der Waals surface area (Å²) in [5.41, 5.74) is 0. The average molecular weight is 434 g/mol. The number of nitrogens with one attached hydrogen (secondary N) is 2. The standard InChI is InChI=1S/C17H21ClFN3O3S2/c1-2-20-13-5-3-4-6-14(13)25-15-10-12(19)16(9-11(15)18)27(23,24)22-17-21-7-8-26-17/h7-10,13-14,20H,2-6H2,1H3,(H,21,22)/t13-,14-/m1/s1. The predicted octanol–water partition coefficient (Wildman–Crippen LogP) is 4.04. The number of ether oxygens (including phenoxy) is 1. The Bertz CT molecular complexity index is 876. The molecule has 0 amide bonds. The Morgan fingerprint density at radius 1 is 1.37 bits per heavy atom. The van der Waals surface area contributed by atoms with Crippen molar-refractivity contribution in [3.05, 3.63) is 34.5 Å². The van der Waals surface area contributed by atoms with E-state index in [9.17, 15) is 12.8 Å². The van der Waals surface area contributed by atoms with E-state index in [1.54, 1.807) is 5.38 Å². The molecule has 1 aromatic carbocycles. The molecule has 1 aliphatic carbocycles. The van der Waals surface area contributed by atoms with Crippen LogP contribution in [0.2, 0.25) is 5.02 Å². The summed E-state index contributed by atoms with van der Waals surface area (Å²) in [5, 5.41) is 5.20. The topological polar surface area (TPSA) is 80.3 Å². The minimum absolute atomic E-state index is 0.0525. The van der Waals surface area contributed by atoms with E-state index in [-0.39, 0.29) is 28.0 Å². The molecule has 0 radical (unpaired) electrons. The molecule has 2 aromatic rings. The molecule has 1 saturated carbocycles. The lowest BCUT2D eigenvalue weighted by molar-refractivity contribution is 0.114. The van der Waals surface area contributed by atoms with Crippen LogP contribution in [-0.2, 0) is 10.0 Å². The van der Waals surface area contributed by atoms with E-state index in [2.05, 4.69) is 15.0 Å². The Kier molecular flexibility index (Phi) is 6.56. The maximum atomic E-state index is 14.6. The largest absolute Gasteiger partial charge is 0.487 e. The number of sulfonamides is 1. The second kappa shape index (κ2) is 8.72. The van der Waals surface area contributed by atoms with Crippen molar-refractivity contribution in [3.63, 3.8) is 0 Å². The summed E-state index contributed by atoms with van der Waals surface area (Å²) in [7, 11) is -4.14. The molecule has 0 aliphatic heterocycles. The molecule has 1 fully saturated rings. The third kappa shape index (κ3) is 4.90. The Balaban J connectivity index is 1.82. The van der Waals surface area contributed by atoms with Crippen LogP contribution in [0.3, 0.4) is 0 Å². The normalized spacial score (nSPS) is 20.4. The lowest BCUT2D eigenvalue weighted by Crippen LogP contribution is -2.45. The van der Waals surface area contributed by atoms with Gasteiger partial charge in [-0.3, -0.25) is 4.72 Å². The Labute approximate surface area is 167 Å². The number of hydrogen-bond acceptors (Lipinski definition) is 6. The summed E-state index contributed by atoms with van der Waals surface area (Å²) >= 11 is 7.31. The van der Waals surface area contributed by atoms with Gasteiger partial charge in [-0.25, -0.2) is 17.8 Å². The quantitative estimate of drug-likeness (QED) is 0.688. The SMILES string of the molecule is CCN[C@@H]1CCCC[C@H]1Oc1cc(F)c(S(=O)(=O)Nc2nccs2)cc1Cl. The average Bonchev–Trinajstić information content (AvgIpc) is 3.12. The van der Waals surface area contributed by atoms with Gasteiger partial charge in [0.15, 0.2) is 5.13 Å².